The van der Waals surface area contributed by atoms with Gasteiger partial charge in [-0.15, -0.1) is 11.3 Å². The maximum absolute atomic E-state index is 12.2. The molecule has 0 aliphatic rings. The fourth-order valence-electron chi connectivity index (χ4n) is 2.52. The number of nitrogens with zero attached hydrogens (tertiary/aromatic N) is 1. The van der Waals surface area contributed by atoms with Crippen LogP contribution >= 0.6 is 27.3 Å². The standard InChI is InChI=1S/C19H18BrN3O3S2/c1-28(25,26)23-15-9-6-14(7-10-15)17-12-27-19(21-17)22-18(24)11-8-13-4-2-3-5-16(13)20/h2-7,9-10,12,23H,8,11H2,1H3,(H,21,22,24). The van der Waals surface area contributed by atoms with E-state index in [4.69, 9.17) is 0 Å². The van der Waals surface area contributed by atoms with Gasteiger partial charge < -0.3 is 5.32 Å². The summed E-state index contributed by atoms with van der Waals surface area (Å²) in [6, 6.07) is 14.7. The van der Waals surface area contributed by atoms with Crippen LogP contribution in [0.15, 0.2) is 58.4 Å². The molecule has 0 saturated carbocycles. The van der Waals surface area contributed by atoms with E-state index in [9.17, 15) is 13.2 Å². The molecule has 0 bridgehead atoms. The van der Waals surface area contributed by atoms with Crippen molar-refractivity contribution in [2.75, 3.05) is 16.3 Å². The van der Waals surface area contributed by atoms with Crippen LogP contribution in [0.25, 0.3) is 11.3 Å². The Balaban J connectivity index is 1.59. The van der Waals surface area contributed by atoms with Crippen LogP contribution in [0, 0.1) is 0 Å². The van der Waals surface area contributed by atoms with Gasteiger partial charge in [-0.05, 0) is 30.2 Å². The number of nitrogens with one attached hydrogen (secondary N) is 2. The summed E-state index contributed by atoms with van der Waals surface area (Å²) in [6.07, 6.45) is 2.11. The Morgan fingerprint density at radius 3 is 2.54 bits per heavy atom. The van der Waals surface area contributed by atoms with Crippen LogP contribution in [0.5, 0.6) is 0 Å². The van der Waals surface area contributed by atoms with E-state index in [0.717, 1.165) is 27.5 Å². The summed E-state index contributed by atoms with van der Waals surface area (Å²) in [6.45, 7) is 0. The highest BCUT2D eigenvalue weighted by molar-refractivity contribution is 9.10. The second-order valence-electron chi connectivity index (χ2n) is 6.13. The molecule has 0 spiro atoms. The predicted molar refractivity (Wildman–Crippen MR) is 117 cm³/mol. The fourth-order valence-corrected chi connectivity index (χ4v) is 4.30. The summed E-state index contributed by atoms with van der Waals surface area (Å²) in [7, 11) is -3.31. The number of halogens is 1. The van der Waals surface area contributed by atoms with Crippen molar-refractivity contribution in [3.63, 3.8) is 0 Å². The van der Waals surface area contributed by atoms with Crippen LogP contribution < -0.4 is 10.0 Å². The second kappa shape index (κ2) is 8.85. The van der Waals surface area contributed by atoms with Gasteiger partial charge in [-0.2, -0.15) is 0 Å². The number of benzene rings is 2. The second-order valence-corrected chi connectivity index (χ2v) is 9.59. The Bertz CT molecular complexity index is 1080. The first kappa shape index (κ1) is 20.5. The van der Waals surface area contributed by atoms with E-state index < -0.39 is 10.0 Å². The monoisotopic (exact) mass is 479 g/mol. The first-order chi connectivity index (χ1) is 13.3. The summed E-state index contributed by atoms with van der Waals surface area (Å²) in [5.74, 6) is -0.0932. The van der Waals surface area contributed by atoms with Crippen LogP contribution in [-0.4, -0.2) is 25.6 Å². The van der Waals surface area contributed by atoms with Crippen LogP contribution in [0.3, 0.4) is 0 Å². The van der Waals surface area contributed by atoms with Gasteiger partial charge in [0.15, 0.2) is 5.13 Å². The molecule has 2 aromatic carbocycles. The molecule has 0 fully saturated rings. The minimum atomic E-state index is -3.31. The molecule has 0 radical (unpaired) electrons. The van der Waals surface area contributed by atoms with E-state index in [1.807, 2.05) is 29.6 Å². The molecule has 146 valence electrons. The van der Waals surface area contributed by atoms with Crippen molar-refractivity contribution in [3.05, 3.63) is 63.9 Å². The lowest BCUT2D eigenvalue weighted by atomic mass is 10.1. The zero-order chi connectivity index (χ0) is 20.1. The molecular weight excluding hydrogens is 462 g/mol. The van der Waals surface area contributed by atoms with Crippen molar-refractivity contribution >= 4 is 54.0 Å². The average molecular weight is 480 g/mol. The molecule has 0 aliphatic heterocycles. The number of anilines is 2. The quantitative estimate of drug-likeness (QED) is 0.521. The van der Waals surface area contributed by atoms with Crippen LogP contribution in [0.4, 0.5) is 10.8 Å². The number of amides is 1. The highest BCUT2D eigenvalue weighted by Gasteiger charge is 2.10. The van der Waals surface area contributed by atoms with Crippen LogP contribution in [-0.2, 0) is 21.2 Å². The van der Waals surface area contributed by atoms with Gasteiger partial charge >= 0.3 is 0 Å². The third kappa shape index (κ3) is 5.88. The molecule has 0 unspecified atom stereocenters. The number of carbonyl (C=O) groups excluding carboxylic acids is 1. The number of aryl methyl sites for hydroxylation is 1. The van der Waals surface area contributed by atoms with Crippen molar-refractivity contribution < 1.29 is 13.2 Å². The molecule has 0 saturated heterocycles. The molecular formula is C19H18BrN3O3S2. The topological polar surface area (TPSA) is 88.2 Å². The Morgan fingerprint density at radius 2 is 1.86 bits per heavy atom. The number of carbonyl (C=O) groups is 1. The highest BCUT2D eigenvalue weighted by atomic mass is 79.9. The summed E-state index contributed by atoms with van der Waals surface area (Å²) >= 11 is 4.83. The van der Waals surface area contributed by atoms with Crippen LogP contribution in [0.1, 0.15) is 12.0 Å². The highest BCUT2D eigenvalue weighted by Crippen LogP contribution is 2.26. The van der Waals surface area contributed by atoms with Crippen molar-refractivity contribution in [1.29, 1.82) is 0 Å². The van der Waals surface area contributed by atoms with Gasteiger partial charge in [-0.25, -0.2) is 13.4 Å². The van der Waals surface area contributed by atoms with Crippen molar-refractivity contribution in [2.45, 2.75) is 12.8 Å². The molecule has 1 amide bonds. The van der Waals surface area contributed by atoms with Gasteiger partial charge in [-0.3, -0.25) is 9.52 Å². The number of hydrogen-bond donors (Lipinski definition) is 2. The average Bonchev–Trinajstić information content (AvgIpc) is 3.09. The largest absolute Gasteiger partial charge is 0.302 e. The molecule has 1 heterocycles. The molecule has 3 rings (SSSR count). The summed E-state index contributed by atoms with van der Waals surface area (Å²) in [5.41, 5.74) is 3.13. The summed E-state index contributed by atoms with van der Waals surface area (Å²) < 4.78 is 25.9. The number of aromatic nitrogens is 1. The lowest BCUT2D eigenvalue weighted by Crippen LogP contribution is -2.12. The van der Waals surface area contributed by atoms with Crippen molar-refractivity contribution in [1.82, 2.24) is 4.98 Å². The van der Waals surface area contributed by atoms with Gasteiger partial charge in [0.25, 0.3) is 0 Å². The zero-order valence-electron chi connectivity index (χ0n) is 15.0. The number of sulfonamides is 1. The predicted octanol–water partition coefficient (Wildman–Crippen LogP) is 4.52. The molecule has 9 heteroatoms. The lowest BCUT2D eigenvalue weighted by Gasteiger charge is -2.05. The molecule has 0 aliphatic carbocycles. The third-order valence-electron chi connectivity index (χ3n) is 3.81. The molecule has 3 aromatic rings. The number of hydrogen-bond acceptors (Lipinski definition) is 5. The van der Waals surface area contributed by atoms with E-state index in [-0.39, 0.29) is 5.91 Å². The summed E-state index contributed by atoms with van der Waals surface area (Å²) in [5, 5.41) is 5.21. The number of rotatable bonds is 7. The molecule has 2 N–H and O–H groups in total. The van der Waals surface area contributed by atoms with Crippen molar-refractivity contribution in [2.24, 2.45) is 0 Å². The molecule has 0 atom stereocenters. The molecule has 1 aromatic heterocycles. The van der Waals surface area contributed by atoms with E-state index in [1.54, 1.807) is 24.3 Å². The minimum absolute atomic E-state index is 0.0932. The zero-order valence-corrected chi connectivity index (χ0v) is 18.2. The van der Waals surface area contributed by atoms with Gasteiger partial charge in [-0.1, -0.05) is 46.3 Å². The smallest absolute Gasteiger partial charge is 0.229 e. The lowest BCUT2D eigenvalue weighted by molar-refractivity contribution is -0.116. The van der Waals surface area contributed by atoms with Crippen LogP contribution in [0.2, 0.25) is 0 Å². The Labute approximate surface area is 176 Å². The molecule has 28 heavy (non-hydrogen) atoms. The van der Waals surface area contributed by atoms with Crippen molar-refractivity contribution in [3.8, 4) is 11.3 Å². The first-order valence-corrected chi connectivity index (χ1v) is 11.9. The Hall–Kier alpha value is -2.23. The van der Waals surface area contributed by atoms with E-state index in [1.165, 1.54) is 11.3 Å². The van der Waals surface area contributed by atoms with Gasteiger partial charge in [0, 0.05) is 27.5 Å². The fraction of sp³-hybridized carbons (Fsp3) is 0.158. The SMILES string of the molecule is CS(=O)(=O)Nc1ccc(-c2csc(NC(=O)CCc3ccccc3Br)n2)cc1. The van der Waals surface area contributed by atoms with Gasteiger partial charge in [0.2, 0.25) is 15.9 Å². The summed E-state index contributed by atoms with van der Waals surface area (Å²) in [4.78, 5) is 16.6. The molecule has 6 nitrogen and oxygen atoms in total. The Kier molecular flexibility index (Phi) is 6.48. The van der Waals surface area contributed by atoms with E-state index in [2.05, 4.69) is 31.0 Å². The van der Waals surface area contributed by atoms with E-state index >= 15 is 0 Å². The Morgan fingerprint density at radius 1 is 1.14 bits per heavy atom. The van der Waals surface area contributed by atoms with Gasteiger partial charge in [0.1, 0.15) is 0 Å². The normalized spacial score (nSPS) is 11.2. The third-order valence-corrected chi connectivity index (χ3v) is 5.95. The maximum atomic E-state index is 12.2. The maximum Gasteiger partial charge on any atom is 0.229 e. The van der Waals surface area contributed by atoms with E-state index in [0.29, 0.717) is 23.7 Å². The first-order valence-electron chi connectivity index (χ1n) is 8.37. The number of thiazole rings is 1. The minimum Gasteiger partial charge on any atom is -0.302 e. The van der Waals surface area contributed by atoms with Gasteiger partial charge in [0.05, 0.1) is 11.9 Å².